The van der Waals surface area contributed by atoms with E-state index in [0.717, 1.165) is 12.1 Å². The second kappa shape index (κ2) is 5.86. The number of carboxylic acid groups (broad SMARTS) is 1. The van der Waals surface area contributed by atoms with E-state index in [4.69, 9.17) is 5.11 Å². The van der Waals surface area contributed by atoms with Gasteiger partial charge in [-0.3, -0.25) is 14.9 Å². The second-order valence-electron chi connectivity index (χ2n) is 5.53. The standard InChI is InChI=1S/C13H15FN2O5/c1-13(2,3)10(12(18)19)15-11(17)8-5-4-7(14)6-9(8)16(20)21/h4-6,10H,1-3H3,(H,15,17)(H,18,19). The number of nitro groups is 1. The predicted molar refractivity (Wildman–Crippen MR) is 71.4 cm³/mol. The number of carboxylic acids is 1. The van der Waals surface area contributed by atoms with Gasteiger partial charge in [0.2, 0.25) is 0 Å². The minimum absolute atomic E-state index is 0.392. The minimum Gasteiger partial charge on any atom is -0.480 e. The third-order valence-corrected chi connectivity index (χ3v) is 2.79. The molecule has 0 fully saturated rings. The number of nitro benzene ring substituents is 1. The summed E-state index contributed by atoms with van der Waals surface area (Å²) >= 11 is 0. The molecule has 0 bridgehead atoms. The van der Waals surface area contributed by atoms with Crippen LogP contribution in [0.3, 0.4) is 0 Å². The molecule has 0 radical (unpaired) electrons. The molecule has 0 aliphatic rings. The van der Waals surface area contributed by atoms with Gasteiger partial charge in [0, 0.05) is 0 Å². The minimum atomic E-state index is -1.26. The molecule has 1 atom stereocenters. The summed E-state index contributed by atoms with van der Waals surface area (Å²) in [6.45, 7) is 4.81. The monoisotopic (exact) mass is 298 g/mol. The van der Waals surface area contributed by atoms with Crippen LogP contribution in [0.1, 0.15) is 31.1 Å². The molecular weight excluding hydrogens is 283 g/mol. The van der Waals surface area contributed by atoms with Crippen molar-refractivity contribution in [1.29, 1.82) is 0 Å². The van der Waals surface area contributed by atoms with Crippen LogP contribution in [0.15, 0.2) is 18.2 Å². The van der Waals surface area contributed by atoms with Gasteiger partial charge in [-0.25, -0.2) is 9.18 Å². The fraction of sp³-hybridized carbons (Fsp3) is 0.385. The molecule has 0 aromatic heterocycles. The summed E-state index contributed by atoms with van der Waals surface area (Å²) < 4.78 is 13.0. The number of aliphatic carboxylic acids is 1. The van der Waals surface area contributed by atoms with Crippen LogP contribution in [-0.2, 0) is 4.79 Å². The number of nitrogens with one attached hydrogen (secondary N) is 1. The third kappa shape index (κ3) is 3.98. The zero-order valence-electron chi connectivity index (χ0n) is 11.7. The van der Waals surface area contributed by atoms with E-state index in [9.17, 15) is 24.1 Å². The summed E-state index contributed by atoms with van der Waals surface area (Å²) in [5.74, 6) is -3.06. The Kier molecular flexibility index (Phi) is 4.62. The topological polar surface area (TPSA) is 110 Å². The van der Waals surface area contributed by atoms with Crippen molar-refractivity contribution in [3.63, 3.8) is 0 Å². The van der Waals surface area contributed by atoms with E-state index in [-0.39, 0.29) is 0 Å². The first kappa shape index (κ1) is 16.5. The highest BCUT2D eigenvalue weighted by atomic mass is 19.1. The molecule has 21 heavy (non-hydrogen) atoms. The number of hydrogen-bond acceptors (Lipinski definition) is 4. The van der Waals surface area contributed by atoms with Crippen LogP contribution in [0.25, 0.3) is 0 Å². The molecule has 0 heterocycles. The Morgan fingerprint density at radius 3 is 2.38 bits per heavy atom. The van der Waals surface area contributed by atoms with E-state index in [1.54, 1.807) is 20.8 Å². The van der Waals surface area contributed by atoms with E-state index in [2.05, 4.69) is 5.32 Å². The summed E-state index contributed by atoms with van der Waals surface area (Å²) in [4.78, 5) is 33.2. The lowest BCUT2D eigenvalue weighted by Crippen LogP contribution is -2.49. The van der Waals surface area contributed by atoms with Gasteiger partial charge in [0.1, 0.15) is 17.4 Å². The molecule has 1 rings (SSSR count). The molecule has 1 unspecified atom stereocenters. The molecule has 0 aliphatic carbocycles. The lowest BCUT2D eigenvalue weighted by atomic mass is 9.86. The average molecular weight is 298 g/mol. The highest BCUT2D eigenvalue weighted by Crippen LogP contribution is 2.23. The Morgan fingerprint density at radius 2 is 1.95 bits per heavy atom. The van der Waals surface area contributed by atoms with Crippen molar-refractivity contribution >= 4 is 17.6 Å². The highest BCUT2D eigenvalue weighted by molar-refractivity contribution is 6.00. The number of nitrogens with zero attached hydrogens (tertiary/aromatic N) is 1. The number of carbonyl (C=O) groups is 2. The van der Waals surface area contributed by atoms with E-state index < -0.39 is 45.3 Å². The van der Waals surface area contributed by atoms with Gasteiger partial charge in [0.25, 0.3) is 11.6 Å². The van der Waals surface area contributed by atoms with Gasteiger partial charge in [-0.2, -0.15) is 0 Å². The molecule has 7 nitrogen and oxygen atoms in total. The van der Waals surface area contributed by atoms with Crippen molar-refractivity contribution < 1.29 is 24.0 Å². The van der Waals surface area contributed by atoms with Gasteiger partial charge in [-0.15, -0.1) is 0 Å². The Morgan fingerprint density at radius 1 is 1.38 bits per heavy atom. The van der Waals surface area contributed by atoms with Crippen LogP contribution in [0.4, 0.5) is 10.1 Å². The van der Waals surface area contributed by atoms with Crippen LogP contribution >= 0.6 is 0 Å². The van der Waals surface area contributed by atoms with Crippen LogP contribution in [0, 0.1) is 21.3 Å². The molecule has 8 heteroatoms. The Bertz CT molecular complexity index is 595. The average Bonchev–Trinajstić information content (AvgIpc) is 2.33. The lowest BCUT2D eigenvalue weighted by Gasteiger charge is -2.27. The highest BCUT2D eigenvalue weighted by Gasteiger charge is 2.34. The molecule has 0 spiro atoms. The molecule has 1 amide bonds. The molecule has 1 aromatic carbocycles. The summed E-state index contributed by atoms with van der Waals surface area (Å²) in [6, 6.07) is 1.22. The Balaban J connectivity index is 3.15. The SMILES string of the molecule is CC(C)(C)C(NC(=O)c1ccc(F)cc1[N+](=O)[O-])C(=O)O. The van der Waals surface area contributed by atoms with Crippen molar-refractivity contribution in [2.75, 3.05) is 0 Å². The third-order valence-electron chi connectivity index (χ3n) is 2.79. The zero-order chi connectivity index (χ0) is 16.4. The van der Waals surface area contributed by atoms with Gasteiger partial charge < -0.3 is 10.4 Å². The van der Waals surface area contributed by atoms with E-state index >= 15 is 0 Å². The molecule has 114 valence electrons. The number of hydrogen-bond donors (Lipinski definition) is 2. The first-order valence-electron chi connectivity index (χ1n) is 6.01. The van der Waals surface area contributed by atoms with Gasteiger partial charge in [0.05, 0.1) is 11.0 Å². The maximum Gasteiger partial charge on any atom is 0.326 e. The molecule has 2 N–H and O–H groups in total. The first-order valence-corrected chi connectivity index (χ1v) is 6.01. The molecule has 0 saturated carbocycles. The van der Waals surface area contributed by atoms with E-state index in [1.807, 2.05) is 0 Å². The largest absolute Gasteiger partial charge is 0.480 e. The van der Waals surface area contributed by atoms with Crippen molar-refractivity contribution in [2.45, 2.75) is 26.8 Å². The number of carbonyl (C=O) groups excluding carboxylic acids is 1. The van der Waals surface area contributed by atoms with E-state index in [0.29, 0.717) is 6.07 Å². The molecular formula is C13H15FN2O5. The van der Waals surface area contributed by atoms with Crippen molar-refractivity contribution in [3.05, 3.63) is 39.7 Å². The Hall–Kier alpha value is -2.51. The maximum atomic E-state index is 13.0. The summed E-state index contributed by atoms with van der Waals surface area (Å²) in [6.07, 6.45) is 0. The predicted octanol–water partition coefficient (Wildman–Crippen LogP) is 1.96. The van der Waals surface area contributed by atoms with Crippen LogP contribution in [0.5, 0.6) is 0 Å². The normalized spacial score (nSPS) is 12.6. The molecule has 1 aromatic rings. The fourth-order valence-electron chi connectivity index (χ4n) is 1.71. The van der Waals surface area contributed by atoms with Gasteiger partial charge in [0.15, 0.2) is 0 Å². The summed E-state index contributed by atoms with van der Waals surface area (Å²) in [5.41, 5.74) is -1.90. The number of benzene rings is 1. The smallest absolute Gasteiger partial charge is 0.326 e. The quantitative estimate of drug-likeness (QED) is 0.652. The summed E-state index contributed by atoms with van der Waals surface area (Å²) in [5, 5.41) is 22.2. The number of rotatable bonds is 4. The molecule has 0 aliphatic heterocycles. The second-order valence-corrected chi connectivity index (χ2v) is 5.53. The van der Waals surface area contributed by atoms with Crippen LogP contribution in [0.2, 0.25) is 0 Å². The van der Waals surface area contributed by atoms with Crippen molar-refractivity contribution in [2.24, 2.45) is 5.41 Å². The number of halogens is 1. The first-order chi connectivity index (χ1) is 9.54. The van der Waals surface area contributed by atoms with Crippen LogP contribution in [-0.4, -0.2) is 27.9 Å². The fourth-order valence-corrected chi connectivity index (χ4v) is 1.71. The van der Waals surface area contributed by atoms with Crippen LogP contribution < -0.4 is 5.32 Å². The summed E-state index contributed by atoms with van der Waals surface area (Å²) in [7, 11) is 0. The van der Waals surface area contributed by atoms with E-state index in [1.165, 1.54) is 0 Å². The van der Waals surface area contributed by atoms with Crippen molar-refractivity contribution in [3.8, 4) is 0 Å². The zero-order valence-corrected chi connectivity index (χ0v) is 11.7. The van der Waals surface area contributed by atoms with Crippen molar-refractivity contribution in [1.82, 2.24) is 5.32 Å². The van der Waals surface area contributed by atoms with Gasteiger partial charge in [-0.05, 0) is 17.5 Å². The maximum absolute atomic E-state index is 13.0. The lowest BCUT2D eigenvalue weighted by molar-refractivity contribution is -0.385. The van der Waals surface area contributed by atoms with Gasteiger partial charge >= 0.3 is 5.97 Å². The van der Waals surface area contributed by atoms with Gasteiger partial charge in [-0.1, -0.05) is 20.8 Å². The number of amides is 1. The molecule has 0 saturated heterocycles. The Labute approximate surface area is 119 Å².